The lowest BCUT2D eigenvalue weighted by atomic mass is 10.2. The lowest BCUT2D eigenvalue weighted by molar-refractivity contribution is 0.579. The summed E-state index contributed by atoms with van der Waals surface area (Å²) in [7, 11) is 3.80. The Labute approximate surface area is 150 Å². The van der Waals surface area contributed by atoms with Gasteiger partial charge >= 0.3 is 0 Å². The molecule has 6 heteroatoms. The minimum absolute atomic E-state index is 0.289. The number of aromatic nitrogens is 3. The zero-order chi connectivity index (χ0) is 18.6. The van der Waals surface area contributed by atoms with Crippen LogP contribution in [0.1, 0.15) is 46.2 Å². The molecule has 0 saturated heterocycles. The van der Waals surface area contributed by atoms with Gasteiger partial charge in [-0.05, 0) is 38.7 Å². The van der Waals surface area contributed by atoms with Gasteiger partial charge in [0.1, 0.15) is 11.5 Å². The summed E-state index contributed by atoms with van der Waals surface area (Å²) in [5.74, 6) is 2.22. The number of hydrogen-bond acceptors (Lipinski definition) is 4. The molecule has 2 heterocycles. The zero-order valence-corrected chi connectivity index (χ0v) is 16.2. The number of anilines is 1. The highest BCUT2D eigenvalue weighted by atomic mass is 15.2. The number of nitrogens with zero attached hydrogens (tertiary/aromatic N) is 4. The number of rotatable bonds is 5. The number of aromatic amines is 1. The van der Waals surface area contributed by atoms with E-state index in [1.54, 1.807) is 13.2 Å². The molecular weight excluding hydrogens is 312 g/mol. The quantitative estimate of drug-likeness (QED) is 0.636. The smallest absolute Gasteiger partial charge is 0.156 e. The highest BCUT2D eigenvalue weighted by Gasteiger charge is 2.30. The standard InChI is InChI=1S/C17H24N6.C2H6/c1-10(2)20-16-14-13(8-9-19-16)21-22-15(14)17(18-4)23(5)11(3)12-6-7-12;1-2/h8-10,12H,3,6-7H2,1-2,4-5H3,(H,19,20)(H,21,22);1-2H3. The Kier molecular flexibility index (Phi) is 6.17. The SMILES string of the molecule is C=C(C1CC1)N(C)C(=NC)c1n[nH]c2ccnc(NC(C)C)c12.CC. The number of allylic oxidation sites excluding steroid dienone is 1. The molecule has 2 aromatic rings. The molecule has 0 amide bonds. The average Bonchev–Trinajstić information content (AvgIpc) is 3.37. The highest BCUT2D eigenvalue weighted by molar-refractivity contribution is 6.11. The van der Waals surface area contributed by atoms with Crippen molar-refractivity contribution in [2.45, 2.75) is 46.6 Å². The maximum Gasteiger partial charge on any atom is 0.156 e. The summed E-state index contributed by atoms with van der Waals surface area (Å²) < 4.78 is 0. The van der Waals surface area contributed by atoms with E-state index in [0.717, 1.165) is 33.9 Å². The first-order valence-corrected chi connectivity index (χ1v) is 9.02. The second kappa shape index (κ2) is 8.14. The molecular formula is C19H30N6. The lowest BCUT2D eigenvalue weighted by Crippen LogP contribution is -2.28. The van der Waals surface area contributed by atoms with Gasteiger partial charge in [-0.25, -0.2) is 4.98 Å². The van der Waals surface area contributed by atoms with Gasteiger partial charge in [0, 0.05) is 32.0 Å². The fourth-order valence-electron chi connectivity index (χ4n) is 2.75. The number of amidine groups is 1. The van der Waals surface area contributed by atoms with Crippen LogP contribution < -0.4 is 5.32 Å². The van der Waals surface area contributed by atoms with Crippen molar-refractivity contribution in [2.75, 3.05) is 19.4 Å². The molecule has 0 aliphatic heterocycles. The van der Waals surface area contributed by atoms with E-state index in [2.05, 4.69) is 50.8 Å². The number of fused-ring (bicyclic) bond motifs is 1. The third-order valence-electron chi connectivity index (χ3n) is 4.12. The second-order valence-corrected chi connectivity index (χ2v) is 6.33. The monoisotopic (exact) mass is 342 g/mol. The van der Waals surface area contributed by atoms with Gasteiger partial charge in [0.25, 0.3) is 0 Å². The van der Waals surface area contributed by atoms with Crippen LogP contribution in [0.25, 0.3) is 10.9 Å². The number of H-pyrrole nitrogens is 1. The van der Waals surface area contributed by atoms with E-state index in [1.807, 2.05) is 27.0 Å². The summed E-state index contributed by atoms with van der Waals surface area (Å²) in [5, 5.41) is 11.9. The molecule has 6 nitrogen and oxygen atoms in total. The molecule has 2 N–H and O–H groups in total. The molecule has 0 unspecified atom stereocenters. The van der Waals surface area contributed by atoms with Crippen molar-refractivity contribution in [1.82, 2.24) is 20.1 Å². The molecule has 2 aromatic heterocycles. The second-order valence-electron chi connectivity index (χ2n) is 6.33. The molecule has 1 fully saturated rings. The Morgan fingerprint density at radius 2 is 2.08 bits per heavy atom. The Hall–Kier alpha value is -2.37. The van der Waals surface area contributed by atoms with E-state index in [-0.39, 0.29) is 6.04 Å². The molecule has 136 valence electrons. The summed E-state index contributed by atoms with van der Waals surface area (Å²) in [6.07, 6.45) is 4.21. The number of nitrogens with one attached hydrogen (secondary N) is 2. The summed E-state index contributed by atoms with van der Waals surface area (Å²) in [6, 6.07) is 2.22. The fourth-order valence-corrected chi connectivity index (χ4v) is 2.75. The topological polar surface area (TPSA) is 69.2 Å². The normalized spacial score (nSPS) is 14.3. The van der Waals surface area contributed by atoms with E-state index in [9.17, 15) is 0 Å². The molecule has 1 aliphatic carbocycles. The van der Waals surface area contributed by atoms with Gasteiger partial charge in [0.15, 0.2) is 5.84 Å². The third-order valence-corrected chi connectivity index (χ3v) is 4.12. The van der Waals surface area contributed by atoms with Crippen LogP contribution in [0.4, 0.5) is 5.82 Å². The van der Waals surface area contributed by atoms with E-state index in [4.69, 9.17) is 0 Å². The summed E-state index contributed by atoms with van der Waals surface area (Å²) in [6.45, 7) is 12.4. The summed E-state index contributed by atoms with van der Waals surface area (Å²) in [4.78, 5) is 11.0. The van der Waals surface area contributed by atoms with Crippen LogP contribution in [-0.2, 0) is 0 Å². The van der Waals surface area contributed by atoms with E-state index >= 15 is 0 Å². The lowest BCUT2D eigenvalue weighted by Gasteiger charge is -2.22. The predicted molar refractivity (Wildman–Crippen MR) is 106 cm³/mol. The maximum atomic E-state index is 4.50. The van der Waals surface area contributed by atoms with Crippen molar-refractivity contribution in [3.05, 3.63) is 30.2 Å². The molecule has 0 bridgehead atoms. The van der Waals surface area contributed by atoms with Gasteiger partial charge in [-0.15, -0.1) is 0 Å². The van der Waals surface area contributed by atoms with Crippen LogP contribution in [0.15, 0.2) is 29.5 Å². The fraction of sp³-hybridized carbons (Fsp3) is 0.526. The van der Waals surface area contributed by atoms with Crippen molar-refractivity contribution in [3.8, 4) is 0 Å². The zero-order valence-electron chi connectivity index (χ0n) is 16.2. The van der Waals surface area contributed by atoms with Crippen LogP contribution in [0.5, 0.6) is 0 Å². The maximum absolute atomic E-state index is 4.50. The van der Waals surface area contributed by atoms with Crippen molar-refractivity contribution >= 4 is 22.6 Å². The molecule has 0 atom stereocenters. The predicted octanol–water partition coefficient (Wildman–Crippen LogP) is 4.04. The van der Waals surface area contributed by atoms with Crippen molar-refractivity contribution in [1.29, 1.82) is 0 Å². The molecule has 3 rings (SSSR count). The first-order valence-electron chi connectivity index (χ1n) is 9.02. The van der Waals surface area contributed by atoms with Crippen LogP contribution >= 0.6 is 0 Å². The average molecular weight is 342 g/mol. The molecule has 0 aromatic carbocycles. The Balaban J connectivity index is 0.00000109. The molecule has 0 radical (unpaired) electrons. The first kappa shape index (κ1) is 19.0. The van der Waals surface area contributed by atoms with Crippen molar-refractivity contribution in [2.24, 2.45) is 10.9 Å². The number of aliphatic imine (C=N–C) groups is 1. The van der Waals surface area contributed by atoms with Crippen LogP contribution in [0.3, 0.4) is 0 Å². The van der Waals surface area contributed by atoms with Gasteiger partial charge in [0.2, 0.25) is 0 Å². The molecule has 25 heavy (non-hydrogen) atoms. The van der Waals surface area contributed by atoms with Gasteiger partial charge in [-0.1, -0.05) is 20.4 Å². The third kappa shape index (κ3) is 4.00. The minimum Gasteiger partial charge on any atom is -0.367 e. The van der Waals surface area contributed by atoms with Crippen LogP contribution in [-0.4, -0.2) is 46.1 Å². The van der Waals surface area contributed by atoms with Gasteiger partial charge in [0.05, 0.1) is 10.9 Å². The van der Waals surface area contributed by atoms with Crippen LogP contribution in [0.2, 0.25) is 0 Å². The van der Waals surface area contributed by atoms with Gasteiger partial charge in [-0.3, -0.25) is 10.1 Å². The van der Waals surface area contributed by atoms with Crippen molar-refractivity contribution < 1.29 is 0 Å². The summed E-state index contributed by atoms with van der Waals surface area (Å²) in [5.41, 5.74) is 2.86. The minimum atomic E-state index is 0.289. The molecule has 1 aliphatic rings. The van der Waals surface area contributed by atoms with E-state index < -0.39 is 0 Å². The van der Waals surface area contributed by atoms with E-state index in [1.165, 1.54) is 12.8 Å². The Morgan fingerprint density at radius 3 is 2.64 bits per heavy atom. The number of hydrogen-bond donors (Lipinski definition) is 2. The highest BCUT2D eigenvalue weighted by Crippen LogP contribution is 2.37. The largest absolute Gasteiger partial charge is 0.367 e. The van der Waals surface area contributed by atoms with Crippen LogP contribution in [0, 0.1) is 5.92 Å². The first-order chi connectivity index (χ1) is 12.0. The number of pyridine rings is 1. The van der Waals surface area contributed by atoms with Gasteiger partial charge < -0.3 is 10.2 Å². The Bertz CT molecular complexity index is 754. The van der Waals surface area contributed by atoms with Crippen molar-refractivity contribution in [3.63, 3.8) is 0 Å². The molecule has 0 spiro atoms. The Morgan fingerprint density at radius 1 is 1.40 bits per heavy atom. The van der Waals surface area contributed by atoms with E-state index in [0.29, 0.717) is 5.92 Å². The summed E-state index contributed by atoms with van der Waals surface area (Å²) >= 11 is 0. The van der Waals surface area contributed by atoms with Gasteiger partial charge in [-0.2, -0.15) is 5.10 Å². The molecule has 1 saturated carbocycles.